The van der Waals surface area contributed by atoms with Crippen molar-refractivity contribution in [3.63, 3.8) is 0 Å². The molecule has 0 bridgehead atoms. The quantitative estimate of drug-likeness (QED) is 0.776. The molecule has 0 aliphatic rings. The Labute approximate surface area is 108 Å². The normalized spacial score (nSPS) is 10.9. The van der Waals surface area contributed by atoms with Crippen LogP contribution in [0.5, 0.6) is 0 Å². The average molecular weight is 309 g/mol. The van der Waals surface area contributed by atoms with E-state index in [1.807, 2.05) is 0 Å². The van der Waals surface area contributed by atoms with Crippen LogP contribution in [-0.2, 0) is 0 Å². The monoisotopic (exact) mass is 308 g/mol. The SMILES string of the molecule is O=C(O)c1nc2nccc(-c3ccc(Br)o3)n2n1. The lowest BCUT2D eigenvalue weighted by molar-refractivity contribution is 0.0684. The molecule has 0 fully saturated rings. The van der Waals surface area contributed by atoms with E-state index in [9.17, 15) is 4.79 Å². The second kappa shape index (κ2) is 3.91. The van der Waals surface area contributed by atoms with Crippen molar-refractivity contribution in [2.24, 2.45) is 0 Å². The largest absolute Gasteiger partial charge is 0.475 e. The van der Waals surface area contributed by atoms with Gasteiger partial charge < -0.3 is 9.52 Å². The Bertz CT molecular complexity index is 749. The summed E-state index contributed by atoms with van der Waals surface area (Å²) in [6, 6.07) is 5.14. The number of carbonyl (C=O) groups is 1. The van der Waals surface area contributed by atoms with Gasteiger partial charge in [0.25, 0.3) is 11.6 Å². The maximum atomic E-state index is 10.8. The van der Waals surface area contributed by atoms with Crippen LogP contribution in [0.3, 0.4) is 0 Å². The zero-order chi connectivity index (χ0) is 12.7. The number of hydrogen-bond acceptors (Lipinski definition) is 5. The van der Waals surface area contributed by atoms with Gasteiger partial charge in [-0.2, -0.15) is 9.50 Å². The van der Waals surface area contributed by atoms with Crippen LogP contribution in [0.2, 0.25) is 0 Å². The molecule has 0 aliphatic carbocycles. The fourth-order valence-electron chi connectivity index (χ4n) is 1.52. The van der Waals surface area contributed by atoms with Crippen LogP contribution in [-0.4, -0.2) is 30.7 Å². The average Bonchev–Trinajstić information content (AvgIpc) is 2.94. The molecule has 0 amide bonds. The summed E-state index contributed by atoms with van der Waals surface area (Å²) >= 11 is 3.20. The lowest BCUT2D eigenvalue weighted by atomic mass is 10.3. The van der Waals surface area contributed by atoms with E-state index in [-0.39, 0.29) is 11.6 Å². The number of hydrogen-bond donors (Lipinski definition) is 1. The summed E-state index contributed by atoms with van der Waals surface area (Å²) in [4.78, 5) is 18.6. The second-order valence-electron chi connectivity index (χ2n) is 3.39. The first-order valence-corrected chi connectivity index (χ1v) is 5.65. The standard InChI is InChI=1S/C10H5BrN4O3/c11-7-2-1-6(18-7)5-3-4-12-10-13-8(9(16)17)14-15(5)10/h1-4H,(H,16,17). The van der Waals surface area contributed by atoms with Crippen molar-refractivity contribution in [3.8, 4) is 11.5 Å². The minimum Gasteiger partial charge on any atom is -0.475 e. The molecule has 18 heavy (non-hydrogen) atoms. The van der Waals surface area contributed by atoms with E-state index in [0.29, 0.717) is 16.1 Å². The molecule has 90 valence electrons. The maximum Gasteiger partial charge on any atom is 0.375 e. The molecule has 7 nitrogen and oxygen atoms in total. The van der Waals surface area contributed by atoms with Gasteiger partial charge in [0.1, 0.15) is 5.69 Å². The van der Waals surface area contributed by atoms with Gasteiger partial charge in [-0.25, -0.2) is 9.78 Å². The van der Waals surface area contributed by atoms with Gasteiger partial charge in [0, 0.05) is 6.20 Å². The summed E-state index contributed by atoms with van der Waals surface area (Å²) in [5, 5.41) is 12.7. The van der Waals surface area contributed by atoms with Crippen LogP contribution < -0.4 is 0 Å². The van der Waals surface area contributed by atoms with E-state index >= 15 is 0 Å². The van der Waals surface area contributed by atoms with Crippen molar-refractivity contribution in [3.05, 3.63) is 34.9 Å². The van der Waals surface area contributed by atoms with Crippen molar-refractivity contribution in [2.45, 2.75) is 0 Å². The number of fused-ring (bicyclic) bond motifs is 1. The molecule has 1 N–H and O–H groups in total. The van der Waals surface area contributed by atoms with Gasteiger partial charge in [-0.3, -0.25) is 0 Å². The van der Waals surface area contributed by atoms with E-state index in [4.69, 9.17) is 9.52 Å². The molecule has 0 spiro atoms. The number of carboxylic acid groups (broad SMARTS) is 1. The molecule has 0 aromatic carbocycles. The van der Waals surface area contributed by atoms with Crippen LogP contribution in [0.15, 0.2) is 33.5 Å². The van der Waals surface area contributed by atoms with Gasteiger partial charge in [-0.05, 0) is 34.1 Å². The Morgan fingerprint density at radius 1 is 1.39 bits per heavy atom. The first-order valence-electron chi connectivity index (χ1n) is 4.86. The van der Waals surface area contributed by atoms with Gasteiger partial charge in [0.05, 0.1) is 0 Å². The van der Waals surface area contributed by atoms with Crippen LogP contribution in [0.25, 0.3) is 17.2 Å². The summed E-state index contributed by atoms with van der Waals surface area (Å²) < 4.78 is 7.30. The van der Waals surface area contributed by atoms with Crippen molar-refractivity contribution in [2.75, 3.05) is 0 Å². The zero-order valence-corrected chi connectivity index (χ0v) is 10.3. The smallest absolute Gasteiger partial charge is 0.375 e. The Morgan fingerprint density at radius 3 is 2.89 bits per heavy atom. The highest BCUT2D eigenvalue weighted by molar-refractivity contribution is 9.10. The van der Waals surface area contributed by atoms with Crippen molar-refractivity contribution in [1.29, 1.82) is 0 Å². The molecule has 0 saturated carbocycles. The van der Waals surface area contributed by atoms with E-state index in [1.54, 1.807) is 18.2 Å². The molecule has 0 atom stereocenters. The highest BCUT2D eigenvalue weighted by Crippen LogP contribution is 2.24. The Morgan fingerprint density at radius 2 is 2.22 bits per heavy atom. The molecule has 0 unspecified atom stereocenters. The number of aromatic nitrogens is 4. The third kappa shape index (κ3) is 1.66. The molecule has 8 heteroatoms. The van der Waals surface area contributed by atoms with Gasteiger partial charge in [-0.1, -0.05) is 0 Å². The molecular formula is C10H5BrN4O3. The predicted molar refractivity (Wildman–Crippen MR) is 63.1 cm³/mol. The molecular weight excluding hydrogens is 304 g/mol. The van der Waals surface area contributed by atoms with Crippen LogP contribution in [0, 0.1) is 0 Å². The first kappa shape index (κ1) is 10.9. The van der Waals surface area contributed by atoms with Crippen molar-refractivity contribution in [1.82, 2.24) is 19.6 Å². The van der Waals surface area contributed by atoms with E-state index in [0.717, 1.165) is 0 Å². The van der Waals surface area contributed by atoms with Crippen LogP contribution in [0.1, 0.15) is 10.6 Å². The summed E-state index contributed by atoms with van der Waals surface area (Å²) in [6.07, 6.45) is 1.52. The topological polar surface area (TPSA) is 93.5 Å². The fraction of sp³-hybridized carbons (Fsp3) is 0. The molecule has 0 aliphatic heterocycles. The number of halogens is 1. The molecule has 3 aromatic heterocycles. The molecule has 0 saturated heterocycles. The Balaban J connectivity index is 2.26. The Kier molecular flexibility index (Phi) is 2.37. The summed E-state index contributed by atoms with van der Waals surface area (Å²) in [6.45, 7) is 0. The first-order chi connectivity index (χ1) is 8.65. The Hall–Kier alpha value is -2.22. The highest BCUT2D eigenvalue weighted by Gasteiger charge is 2.15. The summed E-state index contributed by atoms with van der Waals surface area (Å²) in [5.41, 5.74) is 0.575. The number of carboxylic acids is 1. The number of furan rings is 1. The van der Waals surface area contributed by atoms with Gasteiger partial charge >= 0.3 is 5.97 Å². The van der Waals surface area contributed by atoms with Crippen LogP contribution in [0.4, 0.5) is 0 Å². The molecule has 3 aromatic rings. The van der Waals surface area contributed by atoms with Crippen molar-refractivity contribution >= 4 is 27.7 Å². The van der Waals surface area contributed by atoms with Gasteiger partial charge in [0.15, 0.2) is 10.4 Å². The van der Waals surface area contributed by atoms with E-state index < -0.39 is 5.97 Å². The molecule has 0 radical (unpaired) electrons. The van der Waals surface area contributed by atoms with E-state index in [2.05, 4.69) is 31.0 Å². The van der Waals surface area contributed by atoms with Crippen LogP contribution >= 0.6 is 15.9 Å². The summed E-state index contributed by atoms with van der Waals surface area (Å²) in [5.74, 6) is -0.763. The fourth-order valence-corrected chi connectivity index (χ4v) is 1.83. The lowest BCUT2D eigenvalue weighted by Gasteiger charge is -1.98. The molecule has 3 heterocycles. The maximum absolute atomic E-state index is 10.8. The zero-order valence-electron chi connectivity index (χ0n) is 8.74. The third-order valence-corrected chi connectivity index (χ3v) is 2.68. The lowest BCUT2D eigenvalue weighted by Crippen LogP contribution is -2.00. The number of nitrogens with zero attached hydrogens (tertiary/aromatic N) is 4. The van der Waals surface area contributed by atoms with E-state index in [1.165, 1.54) is 10.7 Å². The van der Waals surface area contributed by atoms with Crippen molar-refractivity contribution < 1.29 is 14.3 Å². The molecule has 3 rings (SSSR count). The summed E-state index contributed by atoms with van der Waals surface area (Å²) in [7, 11) is 0. The second-order valence-corrected chi connectivity index (χ2v) is 4.17. The van der Waals surface area contributed by atoms with Gasteiger partial charge in [0.2, 0.25) is 0 Å². The number of aromatic carboxylic acids is 1. The minimum absolute atomic E-state index is 0.206. The van der Waals surface area contributed by atoms with Gasteiger partial charge in [-0.15, -0.1) is 5.10 Å². The predicted octanol–water partition coefficient (Wildman–Crippen LogP) is 1.84. The number of rotatable bonds is 2. The highest BCUT2D eigenvalue weighted by atomic mass is 79.9. The third-order valence-electron chi connectivity index (χ3n) is 2.26. The minimum atomic E-state index is -1.20.